The van der Waals surface area contributed by atoms with E-state index in [1.807, 2.05) is 0 Å². The number of aliphatic carboxylic acids is 1. The molecule has 2 rings (SSSR count). The van der Waals surface area contributed by atoms with Gasteiger partial charge in [-0.1, -0.05) is 6.07 Å². The molecular formula is C11H11FO3. The predicted octanol–water partition coefficient (Wildman–Crippen LogP) is 2.11. The molecule has 0 radical (unpaired) electrons. The van der Waals surface area contributed by atoms with Crippen molar-refractivity contribution in [1.82, 2.24) is 0 Å². The molecule has 0 saturated heterocycles. The van der Waals surface area contributed by atoms with Crippen LogP contribution in [-0.4, -0.2) is 16.2 Å². The van der Waals surface area contributed by atoms with Gasteiger partial charge in [-0.25, -0.2) is 4.39 Å². The van der Waals surface area contributed by atoms with E-state index < -0.39 is 11.8 Å². The molecule has 1 aliphatic rings. The highest BCUT2D eigenvalue weighted by Crippen LogP contribution is 2.50. The van der Waals surface area contributed by atoms with E-state index >= 15 is 0 Å². The Morgan fingerprint density at radius 1 is 1.53 bits per heavy atom. The third-order valence-corrected chi connectivity index (χ3v) is 2.74. The quantitative estimate of drug-likeness (QED) is 0.803. The number of halogens is 1. The average molecular weight is 210 g/mol. The SMILES string of the molecule is O=C(O)CC1CC1c1ccc(O)cc1F. The summed E-state index contributed by atoms with van der Waals surface area (Å²) in [6, 6.07) is 4.01. The lowest BCUT2D eigenvalue weighted by atomic mass is 10.1. The fourth-order valence-electron chi connectivity index (χ4n) is 1.90. The number of benzene rings is 1. The summed E-state index contributed by atoms with van der Waals surface area (Å²) in [5, 5.41) is 17.6. The minimum absolute atomic E-state index is 0.00157. The third-order valence-electron chi connectivity index (χ3n) is 2.74. The Bertz CT molecular complexity index is 403. The average Bonchev–Trinajstić information content (AvgIpc) is 2.82. The first-order chi connectivity index (χ1) is 7.08. The van der Waals surface area contributed by atoms with Crippen molar-refractivity contribution in [3.8, 4) is 5.75 Å². The highest BCUT2D eigenvalue weighted by molar-refractivity contribution is 5.67. The smallest absolute Gasteiger partial charge is 0.303 e. The number of hydrogen-bond acceptors (Lipinski definition) is 2. The van der Waals surface area contributed by atoms with Crippen molar-refractivity contribution in [2.24, 2.45) is 5.92 Å². The molecule has 0 bridgehead atoms. The molecule has 1 aromatic carbocycles. The van der Waals surface area contributed by atoms with Crippen LogP contribution >= 0.6 is 0 Å². The van der Waals surface area contributed by atoms with Crippen molar-refractivity contribution in [2.75, 3.05) is 0 Å². The van der Waals surface area contributed by atoms with Crippen molar-refractivity contribution in [1.29, 1.82) is 0 Å². The molecular weight excluding hydrogens is 199 g/mol. The van der Waals surface area contributed by atoms with Crippen molar-refractivity contribution in [3.63, 3.8) is 0 Å². The van der Waals surface area contributed by atoms with Crippen LogP contribution < -0.4 is 0 Å². The summed E-state index contributed by atoms with van der Waals surface area (Å²) >= 11 is 0. The van der Waals surface area contributed by atoms with Gasteiger partial charge in [-0.3, -0.25) is 4.79 Å². The van der Waals surface area contributed by atoms with E-state index in [1.54, 1.807) is 0 Å². The summed E-state index contributed by atoms with van der Waals surface area (Å²) in [6.07, 6.45) is 0.805. The zero-order chi connectivity index (χ0) is 11.0. The van der Waals surface area contributed by atoms with Crippen molar-refractivity contribution >= 4 is 5.97 Å². The fourth-order valence-corrected chi connectivity index (χ4v) is 1.90. The molecule has 1 aromatic rings. The van der Waals surface area contributed by atoms with Crippen molar-refractivity contribution in [3.05, 3.63) is 29.6 Å². The van der Waals surface area contributed by atoms with Crippen LogP contribution in [0.3, 0.4) is 0 Å². The van der Waals surface area contributed by atoms with Gasteiger partial charge in [0.15, 0.2) is 0 Å². The predicted molar refractivity (Wildman–Crippen MR) is 51.2 cm³/mol. The first-order valence-corrected chi connectivity index (χ1v) is 4.78. The summed E-state index contributed by atoms with van der Waals surface area (Å²) in [5.74, 6) is -1.36. The lowest BCUT2D eigenvalue weighted by Gasteiger charge is -2.02. The Hall–Kier alpha value is -1.58. The number of aromatic hydroxyl groups is 1. The molecule has 15 heavy (non-hydrogen) atoms. The number of phenolic OH excluding ortho intramolecular Hbond substituents is 1. The molecule has 0 aromatic heterocycles. The zero-order valence-electron chi connectivity index (χ0n) is 7.98. The number of carboxylic acid groups (broad SMARTS) is 1. The molecule has 0 amide bonds. The van der Waals surface area contributed by atoms with Gasteiger partial charge >= 0.3 is 5.97 Å². The van der Waals surface area contributed by atoms with E-state index in [4.69, 9.17) is 10.2 Å². The molecule has 1 fully saturated rings. The molecule has 4 heteroatoms. The number of hydrogen-bond donors (Lipinski definition) is 2. The maximum Gasteiger partial charge on any atom is 0.303 e. The van der Waals surface area contributed by atoms with Gasteiger partial charge < -0.3 is 10.2 Å². The van der Waals surface area contributed by atoms with E-state index in [0.717, 1.165) is 6.07 Å². The summed E-state index contributed by atoms with van der Waals surface area (Å²) < 4.78 is 13.3. The lowest BCUT2D eigenvalue weighted by molar-refractivity contribution is -0.137. The Kier molecular flexibility index (Phi) is 2.34. The summed E-state index contributed by atoms with van der Waals surface area (Å²) in [5.41, 5.74) is 0.513. The standard InChI is InChI=1S/C11H11FO3/c12-10-5-7(13)1-2-8(10)9-3-6(9)4-11(14)15/h1-2,5-6,9,13H,3-4H2,(H,14,15). The second-order valence-corrected chi connectivity index (χ2v) is 3.91. The molecule has 80 valence electrons. The zero-order valence-corrected chi connectivity index (χ0v) is 7.98. The van der Waals surface area contributed by atoms with Gasteiger partial charge in [-0.15, -0.1) is 0 Å². The normalized spacial score (nSPS) is 23.8. The summed E-state index contributed by atoms with van der Waals surface area (Å²) in [4.78, 5) is 10.4. The minimum Gasteiger partial charge on any atom is -0.508 e. The second-order valence-electron chi connectivity index (χ2n) is 3.91. The Labute approximate surface area is 86.2 Å². The summed E-state index contributed by atoms with van der Waals surface area (Å²) in [7, 11) is 0. The van der Waals surface area contributed by atoms with Gasteiger partial charge in [0.05, 0.1) is 0 Å². The fraction of sp³-hybridized carbons (Fsp3) is 0.364. The van der Waals surface area contributed by atoms with Crippen molar-refractivity contribution < 1.29 is 19.4 Å². The highest BCUT2D eigenvalue weighted by atomic mass is 19.1. The molecule has 1 aliphatic carbocycles. The van der Waals surface area contributed by atoms with E-state index in [1.165, 1.54) is 12.1 Å². The van der Waals surface area contributed by atoms with Crippen molar-refractivity contribution in [2.45, 2.75) is 18.8 Å². The van der Waals surface area contributed by atoms with Crippen LogP contribution in [0.1, 0.15) is 24.3 Å². The van der Waals surface area contributed by atoms with Crippen LogP contribution in [-0.2, 0) is 4.79 Å². The first-order valence-electron chi connectivity index (χ1n) is 4.78. The molecule has 2 N–H and O–H groups in total. The maximum absolute atomic E-state index is 13.3. The third kappa shape index (κ3) is 2.09. The number of rotatable bonds is 3. The van der Waals surface area contributed by atoms with Gasteiger partial charge in [0.25, 0.3) is 0 Å². The van der Waals surface area contributed by atoms with Crippen LogP contribution in [0.4, 0.5) is 4.39 Å². The van der Waals surface area contributed by atoms with Gasteiger partial charge in [0, 0.05) is 12.5 Å². The first kappa shape index (κ1) is 9.96. The molecule has 2 atom stereocenters. The van der Waals surface area contributed by atoms with Gasteiger partial charge in [-0.2, -0.15) is 0 Å². The van der Waals surface area contributed by atoms with Gasteiger partial charge in [0.2, 0.25) is 0 Å². The van der Waals surface area contributed by atoms with Gasteiger partial charge in [0.1, 0.15) is 11.6 Å². The highest BCUT2D eigenvalue weighted by Gasteiger charge is 2.41. The van der Waals surface area contributed by atoms with Crippen LogP contribution in [0.5, 0.6) is 5.75 Å². The van der Waals surface area contributed by atoms with E-state index in [2.05, 4.69) is 0 Å². The van der Waals surface area contributed by atoms with Gasteiger partial charge in [-0.05, 0) is 29.9 Å². The molecule has 1 saturated carbocycles. The number of carboxylic acids is 1. The Morgan fingerprint density at radius 2 is 2.27 bits per heavy atom. The number of phenols is 1. The van der Waals surface area contributed by atoms with E-state index in [0.29, 0.717) is 12.0 Å². The van der Waals surface area contributed by atoms with Crippen LogP contribution in [0.15, 0.2) is 18.2 Å². The molecule has 0 aliphatic heterocycles. The largest absolute Gasteiger partial charge is 0.508 e. The lowest BCUT2D eigenvalue weighted by Crippen LogP contribution is -1.97. The van der Waals surface area contributed by atoms with Crippen LogP contribution in [0.2, 0.25) is 0 Å². The van der Waals surface area contributed by atoms with E-state index in [9.17, 15) is 9.18 Å². The Balaban J connectivity index is 2.10. The van der Waals surface area contributed by atoms with Crippen LogP contribution in [0.25, 0.3) is 0 Å². The van der Waals surface area contributed by atoms with Crippen LogP contribution in [0, 0.1) is 11.7 Å². The Morgan fingerprint density at radius 3 is 2.87 bits per heavy atom. The minimum atomic E-state index is -0.846. The topological polar surface area (TPSA) is 57.5 Å². The van der Waals surface area contributed by atoms with E-state index in [-0.39, 0.29) is 24.0 Å². The monoisotopic (exact) mass is 210 g/mol. The maximum atomic E-state index is 13.3. The second kappa shape index (κ2) is 3.53. The molecule has 0 heterocycles. The molecule has 0 spiro atoms. The number of carbonyl (C=O) groups is 1. The molecule has 2 unspecified atom stereocenters. The molecule has 3 nitrogen and oxygen atoms in total. The summed E-state index contributed by atoms with van der Waals surface area (Å²) in [6.45, 7) is 0.